The molecule has 0 radical (unpaired) electrons. The topological polar surface area (TPSA) is 73.5 Å². The van der Waals surface area contributed by atoms with Crippen molar-refractivity contribution in [3.63, 3.8) is 0 Å². The standard InChI is InChI=1S/C15H21FN4O2.ClH/c1-3-17-10(2)9-19-14(21)12-8-11(4-5-13(12)16)20-7-6-18-15(20)22;/h4-5,8,10,17H,3,6-7,9H2,1-2H3,(H,18,22)(H,19,21);1H/t10-;/m1./s1. The van der Waals surface area contributed by atoms with Gasteiger partial charge in [0.1, 0.15) is 5.82 Å². The highest BCUT2D eigenvalue weighted by atomic mass is 35.5. The zero-order valence-electron chi connectivity index (χ0n) is 13.2. The summed E-state index contributed by atoms with van der Waals surface area (Å²) < 4.78 is 13.9. The Labute approximate surface area is 141 Å². The van der Waals surface area contributed by atoms with Gasteiger partial charge in [0.05, 0.1) is 5.56 Å². The van der Waals surface area contributed by atoms with Crippen molar-refractivity contribution in [1.82, 2.24) is 16.0 Å². The highest BCUT2D eigenvalue weighted by Gasteiger charge is 2.23. The van der Waals surface area contributed by atoms with Crippen LogP contribution in [0.2, 0.25) is 0 Å². The molecule has 2 rings (SSSR count). The fourth-order valence-electron chi connectivity index (χ4n) is 2.33. The molecule has 0 saturated carbocycles. The number of hydrogen-bond donors (Lipinski definition) is 3. The molecule has 23 heavy (non-hydrogen) atoms. The second kappa shape index (κ2) is 8.69. The number of nitrogens with zero attached hydrogens (tertiary/aromatic N) is 1. The van der Waals surface area contributed by atoms with Gasteiger partial charge in [-0.3, -0.25) is 9.69 Å². The first-order valence-electron chi connectivity index (χ1n) is 7.39. The first kappa shape index (κ1) is 19.2. The van der Waals surface area contributed by atoms with Gasteiger partial charge in [-0.25, -0.2) is 9.18 Å². The van der Waals surface area contributed by atoms with Gasteiger partial charge in [-0.05, 0) is 31.7 Å². The molecule has 1 fully saturated rings. The molecule has 128 valence electrons. The average Bonchev–Trinajstić information content (AvgIpc) is 2.92. The van der Waals surface area contributed by atoms with Crippen molar-refractivity contribution in [2.24, 2.45) is 0 Å². The number of nitrogens with one attached hydrogen (secondary N) is 3. The van der Waals surface area contributed by atoms with E-state index in [0.717, 1.165) is 6.54 Å². The third-order valence-corrected chi connectivity index (χ3v) is 3.48. The number of halogens is 2. The molecule has 0 bridgehead atoms. The number of rotatable bonds is 6. The molecule has 1 aliphatic rings. The predicted octanol–water partition coefficient (Wildman–Crippen LogP) is 1.50. The predicted molar refractivity (Wildman–Crippen MR) is 89.9 cm³/mol. The summed E-state index contributed by atoms with van der Waals surface area (Å²) in [4.78, 5) is 25.2. The smallest absolute Gasteiger partial charge is 0.321 e. The lowest BCUT2D eigenvalue weighted by atomic mass is 10.1. The van der Waals surface area contributed by atoms with E-state index >= 15 is 0 Å². The van der Waals surface area contributed by atoms with Crippen molar-refractivity contribution < 1.29 is 14.0 Å². The molecule has 0 spiro atoms. The van der Waals surface area contributed by atoms with Gasteiger partial charge in [-0.2, -0.15) is 0 Å². The molecule has 0 aromatic heterocycles. The fraction of sp³-hybridized carbons (Fsp3) is 0.467. The zero-order chi connectivity index (χ0) is 16.1. The lowest BCUT2D eigenvalue weighted by Gasteiger charge is -2.17. The van der Waals surface area contributed by atoms with Gasteiger partial charge in [0.2, 0.25) is 0 Å². The van der Waals surface area contributed by atoms with Gasteiger partial charge in [-0.15, -0.1) is 12.4 Å². The van der Waals surface area contributed by atoms with Crippen LogP contribution >= 0.6 is 12.4 Å². The molecule has 0 unspecified atom stereocenters. The van der Waals surface area contributed by atoms with E-state index in [-0.39, 0.29) is 30.0 Å². The molecule has 1 heterocycles. The lowest BCUT2D eigenvalue weighted by Crippen LogP contribution is -2.39. The molecule has 1 aliphatic heterocycles. The molecule has 3 amide bonds. The third-order valence-electron chi connectivity index (χ3n) is 3.48. The molecule has 8 heteroatoms. The van der Waals surface area contributed by atoms with Gasteiger partial charge in [0.15, 0.2) is 0 Å². The third kappa shape index (κ3) is 4.80. The van der Waals surface area contributed by atoms with Crippen LogP contribution in [0.3, 0.4) is 0 Å². The Bertz CT molecular complexity index is 570. The molecule has 3 N–H and O–H groups in total. The Balaban J connectivity index is 0.00000264. The molecule has 1 aromatic carbocycles. The summed E-state index contributed by atoms with van der Waals surface area (Å²) in [5, 5.41) is 8.52. The zero-order valence-corrected chi connectivity index (χ0v) is 14.0. The largest absolute Gasteiger partial charge is 0.350 e. The van der Waals surface area contributed by atoms with Crippen molar-refractivity contribution in [2.75, 3.05) is 31.1 Å². The second-order valence-electron chi connectivity index (χ2n) is 5.22. The number of hydrogen-bond acceptors (Lipinski definition) is 3. The summed E-state index contributed by atoms with van der Waals surface area (Å²) in [5.41, 5.74) is 0.460. The van der Waals surface area contributed by atoms with Gasteiger partial charge in [0, 0.05) is 31.4 Å². The van der Waals surface area contributed by atoms with Crippen LogP contribution in [0.1, 0.15) is 24.2 Å². The number of amides is 3. The van der Waals surface area contributed by atoms with Crippen LogP contribution in [0, 0.1) is 5.82 Å². The Morgan fingerprint density at radius 2 is 2.22 bits per heavy atom. The van der Waals surface area contributed by atoms with Crippen LogP contribution < -0.4 is 20.9 Å². The molecule has 1 saturated heterocycles. The van der Waals surface area contributed by atoms with Gasteiger partial charge < -0.3 is 16.0 Å². The van der Waals surface area contributed by atoms with Crippen LogP contribution in [0.5, 0.6) is 0 Å². The van der Waals surface area contributed by atoms with Gasteiger partial charge in [0.25, 0.3) is 5.91 Å². The van der Waals surface area contributed by atoms with E-state index in [1.165, 1.54) is 23.1 Å². The Hall–Kier alpha value is -1.86. The molecular formula is C15H22ClFN4O2. The molecular weight excluding hydrogens is 323 g/mol. The summed E-state index contributed by atoms with van der Waals surface area (Å²) in [6, 6.07) is 3.98. The van der Waals surface area contributed by atoms with Gasteiger partial charge >= 0.3 is 6.03 Å². The van der Waals surface area contributed by atoms with Crippen molar-refractivity contribution >= 4 is 30.0 Å². The molecule has 0 aliphatic carbocycles. The maximum absolute atomic E-state index is 13.9. The van der Waals surface area contributed by atoms with Crippen molar-refractivity contribution in [2.45, 2.75) is 19.9 Å². The summed E-state index contributed by atoms with van der Waals surface area (Å²) >= 11 is 0. The summed E-state index contributed by atoms with van der Waals surface area (Å²) in [6.45, 7) is 6.15. The first-order valence-corrected chi connectivity index (χ1v) is 7.39. The molecule has 6 nitrogen and oxygen atoms in total. The summed E-state index contributed by atoms with van der Waals surface area (Å²) in [7, 11) is 0. The maximum Gasteiger partial charge on any atom is 0.321 e. The highest BCUT2D eigenvalue weighted by Crippen LogP contribution is 2.20. The number of urea groups is 1. The first-order chi connectivity index (χ1) is 10.5. The highest BCUT2D eigenvalue weighted by molar-refractivity contribution is 5.98. The second-order valence-corrected chi connectivity index (χ2v) is 5.22. The maximum atomic E-state index is 13.9. The molecule has 1 aromatic rings. The SMILES string of the molecule is CCN[C@H](C)CNC(=O)c1cc(N2CCNC2=O)ccc1F.Cl. The lowest BCUT2D eigenvalue weighted by molar-refractivity contribution is 0.0946. The Kier molecular flexibility index (Phi) is 7.25. The van der Waals surface area contributed by atoms with E-state index in [1.54, 1.807) is 0 Å². The van der Waals surface area contributed by atoms with Crippen LogP contribution in [-0.4, -0.2) is 44.2 Å². The van der Waals surface area contributed by atoms with E-state index in [2.05, 4.69) is 16.0 Å². The Morgan fingerprint density at radius 1 is 1.48 bits per heavy atom. The number of carbonyl (C=O) groups excluding carboxylic acids is 2. The van der Waals surface area contributed by atoms with E-state index in [1.807, 2.05) is 13.8 Å². The average molecular weight is 345 g/mol. The number of carbonyl (C=O) groups is 2. The van der Waals surface area contributed by atoms with E-state index in [4.69, 9.17) is 0 Å². The number of anilines is 1. The number of likely N-dealkylation sites (N-methyl/N-ethyl adjacent to an activating group) is 1. The van der Waals surface area contributed by atoms with E-state index in [0.29, 0.717) is 25.3 Å². The van der Waals surface area contributed by atoms with Crippen molar-refractivity contribution in [3.05, 3.63) is 29.6 Å². The van der Waals surface area contributed by atoms with Crippen LogP contribution in [-0.2, 0) is 0 Å². The minimum Gasteiger partial charge on any atom is -0.350 e. The van der Waals surface area contributed by atoms with Crippen LogP contribution in [0.25, 0.3) is 0 Å². The fourth-order valence-corrected chi connectivity index (χ4v) is 2.33. The van der Waals surface area contributed by atoms with Crippen molar-refractivity contribution in [1.29, 1.82) is 0 Å². The summed E-state index contributed by atoms with van der Waals surface area (Å²) in [6.07, 6.45) is 0. The van der Waals surface area contributed by atoms with Crippen molar-refractivity contribution in [3.8, 4) is 0 Å². The Morgan fingerprint density at radius 3 is 2.83 bits per heavy atom. The molecule has 1 atom stereocenters. The van der Waals surface area contributed by atoms with Gasteiger partial charge in [-0.1, -0.05) is 6.92 Å². The van der Waals surface area contributed by atoms with E-state index < -0.39 is 11.7 Å². The normalized spacial score (nSPS) is 14.9. The monoisotopic (exact) mass is 344 g/mol. The number of benzene rings is 1. The quantitative estimate of drug-likeness (QED) is 0.732. The minimum absolute atomic E-state index is 0. The van der Waals surface area contributed by atoms with E-state index in [9.17, 15) is 14.0 Å². The van der Waals surface area contributed by atoms with Crippen LogP contribution in [0.4, 0.5) is 14.9 Å². The minimum atomic E-state index is -0.600. The van der Waals surface area contributed by atoms with Crippen LogP contribution in [0.15, 0.2) is 18.2 Å². The summed E-state index contributed by atoms with van der Waals surface area (Å²) in [5.74, 6) is -1.08.